The van der Waals surface area contributed by atoms with E-state index in [0.717, 1.165) is 0 Å². The molecule has 0 radical (unpaired) electrons. The maximum atomic E-state index is 12.1. The van der Waals surface area contributed by atoms with Crippen LogP contribution < -0.4 is 5.69 Å². The molecule has 19 heavy (non-hydrogen) atoms. The normalized spacial score (nSPS) is 32.7. The summed E-state index contributed by atoms with van der Waals surface area (Å²) in [5, 5.41) is 27.7. The van der Waals surface area contributed by atoms with Crippen LogP contribution in [0.25, 0.3) is 11.2 Å². The molecule has 4 atom stereocenters. The number of aliphatic hydroxyl groups excluding tert-OH is 2. The van der Waals surface area contributed by atoms with E-state index in [2.05, 4.69) is 15.3 Å². The highest BCUT2D eigenvalue weighted by Crippen LogP contribution is 2.33. The number of hydrogen-bond acceptors (Lipinski definition) is 7. The Bertz CT molecular complexity index is 794. The number of aromatic amines is 1. The Morgan fingerprint density at radius 3 is 3.00 bits per heavy atom. The Kier molecular flexibility index (Phi) is 2.05. The van der Waals surface area contributed by atoms with Crippen LogP contribution in [0.3, 0.4) is 0 Å². The first-order chi connectivity index (χ1) is 9.08. The highest BCUT2D eigenvalue weighted by molar-refractivity contribution is 7.71. The summed E-state index contributed by atoms with van der Waals surface area (Å²) in [5.41, 5.74) is 0.236. The van der Waals surface area contributed by atoms with Crippen molar-refractivity contribution in [2.24, 2.45) is 0 Å². The van der Waals surface area contributed by atoms with Gasteiger partial charge in [0.25, 0.3) is 0 Å². The van der Waals surface area contributed by atoms with Crippen molar-refractivity contribution in [3.63, 3.8) is 0 Å². The zero-order chi connectivity index (χ0) is 13.3. The van der Waals surface area contributed by atoms with Crippen molar-refractivity contribution >= 4 is 23.4 Å². The van der Waals surface area contributed by atoms with E-state index in [4.69, 9.17) is 17.0 Å². The van der Waals surface area contributed by atoms with Gasteiger partial charge in [-0.1, -0.05) is 17.4 Å². The van der Waals surface area contributed by atoms with Crippen LogP contribution in [0.2, 0.25) is 0 Å². The van der Waals surface area contributed by atoms with E-state index in [1.54, 1.807) is 0 Å². The van der Waals surface area contributed by atoms with E-state index in [1.165, 1.54) is 9.25 Å². The van der Waals surface area contributed by atoms with E-state index in [1.807, 2.05) is 0 Å². The molecule has 2 aliphatic heterocycles. The number of H-pyrrole nitrogens is 1. The molecule has 0 aliphatic carbocycles. The molecule has 2 aliphatic rings. The summed E-state index contributed by atoms with van der Waals surface area (Å²) in [6.07, 6.45) is -3.87. The van der Waals surface area contributed by atoms with Gasteiger partial charge in [-0.2, -0.15) is 0 Å². The molecular weight excluding hydrogens is 274 g/mol. The fourth-order valence-corrected chi connectivity index (χ4v) is 2.85. The number of nitrogens with one attached hydrogen (secondary N) is 1. The standard InChI is InChI=1S/C9H9N5O4S/c15-4-2-1-13-7-3(11-12-13)6(19)10-9(17)14(7)8(18-2)5(4)16/h2,4-5,8,15-16H,1H2,(H,10,17,19)/t2-,4?,5?,8+/m1/s1. The number of hydrogen-bond donors (Lipinski definition) is 3. The van der Waals surface area contributed by atoms with Crippen molar-refractivity contribution in [1.82, 2.24) is 24.5 Å². The minimum atomic E-state index is -1.18. The number of aliphatic hydroxyl groups is 2. The van der Waals surface area contributed by atoms with Gasteiger partial charge in [0.15, 0.2) is 17.4 Å². The molecule has 0 aromatic carbocycles. The Labute approximate surface area is 110 Å². The Morgan fingerprint density at radius 2 is 2.21 bits per heavy atom. The molecule has 3 N–H and O–H groups in total. The maximum absolute atomic E-state index is 12.1. The zero-order valence-corrected chi connectivity index (χ0v) is 10.2. The van der Waals surface area contributed by atoms with Crippen LogP contribution in [0.1, 0.15) is 6.23 Å². The molecular formula is C9H9N5O4S. The smallest absolute Gasteiger partial charge is 0.330 e. The van der Waals surface area contributed by atoms with E-state index in [-0.39, 0.29) is 11.2 Å². The largest absolute Gasteiger partial charge is 0.387 e. The van der Waals surface area contributed by atoms with E-state index >= 15 is 0 Å². The van der Waals surface area contributed by atoms with Crippen molar-refractivity contribution < 1.29 is 14.9 Å². The van der Waals surface area contributed by atoms with Crippen LogP contribution in [0.4, 0.5) is 0 Å². The average Bonchev–Trinajstić information content (AvgIpc) is 2.82. The summed E-state index contributed by atoms with van der Waals surface area (Å²) < 4.78 is 8.37. The lowest BCUT2D eigenvalue weighted by Gasteiger charge is -2.19. The highest BCUT2D eigenvalue weighted by atomic mass is 32.1. The SMILES string of the molecule is O=c1[nH]c(=S)c2nnn3c2n1[C@H]1O[C@H](C3)C(O)C1O. The van der Waals surface area contributed by atoms with E-state index < -0.39 is 30.2 Å². The second-order valence-corrected chi connectivity index (χ2v) is 5.03. The van der Waals surface area contributed by atoms with E-state index in [9.17, 15) is 15.0 Å². The third-order valence-electron chi connectivity index (χ3n) is 3.54. The third kappa shape index (κ3) is 1.28. The number of fused-ring (bicyclic) bond motifs is 3. The molecule has 2 bridgehead atoms. The summed E-state index contributed by atoms with van der Waals surface area (Å²) in [7, 11) is 0. The molecule has 1 fully saturated rings. The number of aromatic nitrogens is 5. The maximum Gasteiger partial charge on any atom is 0.330 e. The van der Waals surface area contributed by atoms with Crippen molar-refractivity contribution in [2.75, 3.05) is 0 Å². The van der Waals surface area contributed by atoms with Gasteiger partial charge in [-0.25, -0.2) is 14.0 Å². The fraction of sp³-hybridized carbons (Fsp3) is 0.556. The van der Waals surface area contributed by atoms with Gasteiger partial charge in [0.2, 0.25) is 0 Å². The van der Waals surface area contributed by atoms with Gasteiger partial charge in [-0.05, 0) is 0 Å². The summed E-state index contributed by atoms with van der Waals surface area (Å²) in [6.45, 7) is 0.198. The lowest BCUT2D eigenvalue weighted by molar-refractivity contribution is -0.0357. The Balaban J connectivity index is 2.14. The Hall–Kier alpha value is -1.62. The molecule has 10 heteroatoms. The molecule has 2 unspecified atom stereocenters. The number of ether oxygens (including phenoxy) is 1. The molecule has 0 amide bonds. The first kappa shape index (κ1) is 11.2. The molecule has 4 heterocycles. The molecule has 0 spiro atoms. The number of rotatable bonds is 0. The average molecular weight is 283 g/mol. The molecule has 100 valence electrons. The predicted octanol–water partition coefficient (Wildman–Crippen LogP) is -1.72. The molecule has 2 aromatic heterocycles. The Morgan fingerprint density at radius 1 is 1.42 bits per heavy atom. The second-order valence-electron chi connectivity index (χ2n) is 4.62. The first-order valence-corrected chi connectivity index (χ1v) is 6.08. The van der Waals surface area contributed by atoms with Crippen molar-refractivity contribution in [3.8, 4) is 0 Å². The minimum absolute atomic E-state index is 0.190. The van der Waals surface area contributed by atoms with Crippen LogP contribution in [-0.2, 0) is 11.3 Å². The van der Waals surface area contributed by atoms with Gasteiger partial charge < -0.3 is 14.9 Å². The third-order valence-corrected chi connectivity index (χ3v) is 3.83. The van der Waals surface area contributed by atoms with Gasteiger partial charge >= 0.3 is 5.69 Å². The lowest BCUT2D eigenvalue weighted by atomic mass is 10.1. The van der Waals surface area contributed by atoms with Crippen LogP contribution in [0.5, 0.6) is 0 Å². The molecule has 9 nitrogen and oxygen atoms in total. The predicted molar refractivity (Wildman–Crippen MR) is 62.9 cm³/mol. The van der Waals surface area contributed by atoms with Crippen molar-refractivity contribution in [1.29, 1.82) is 0 Å². The van der Waals surface area contributed by atoms with Gasteiger partial charge in [-0.3, -0.25) is 4.98 Å². The molecule has 4 rings (SSSR count). The van der Waals surface area contributed by atoms with Gasteiger partial charge in [-0.15, -0.1) is 5.10 Å². The van der Waals surface area contributed by atoms with E-state index in [0.29, 0.717) is 11.2 Å². The lowest BCUT2D eigenvalue weighted by Crippen LogP contribution is -2.39. The molecule has 0 saturated carbocycles. The van der Waals surface area contributed by atoms with Gasteiger partial charge in [0.1, 0.15) is 23.0 Å². The van der Waals surface area contributed by atoms with Crippen LogP contribution in [0.15, 0.2) is 4.79 Å². The summed E-state index contributed by atoms with van der Waals surface area (Å²) in [4.78, 5) is 14.5. The highest BCUT2D eigenvalue weighted by Gasteiger charge is 2.47. The second kappa shape index (κ2) is 3.48. The monoisotopic (exact) mass is 283 g/mol. The fourth-order valence-electron chi connectivity index (χ4n) is 2.63. The van der Waals surface area contributed by atoms with Crippen LogP contribution >= 0.6 is 12.2 Å². The van der Waals surface area contributed by atoms with Crippen molar-refractivity contribution in [2.45, 2.75) is 31.1 Å². The van der Waals surface area contributed by atoms with Crippen LogP contribution in [-0.4, -0.2) is 53.1 Å². The van der Waals surface area contributed by atoms with Crippen LogP contribution in [0, 0.1) is 4.64 Å². The van der Waals surface area contributed by atoms with Crippen molar-refractivity contribution in [3.05, 3.63) is 15.1 Å². The first-order valence-electron chi connectivity index (χ1n) is 5.67. The quantitative estimate of drug-likeness (QED) is 0.492. The van der Waals surface area contributed by atoms with Gasteiger partial charge in [0, 0.05) is 0 Å². The summed E-state index contributed by atoms with van der Waals surface area (Å²) in [5.74, 6) is 0. The molecule has 1 saturated heterocycles. The summed E-state index contributed by atoms with van der Waals surface area (Å²) in [6, 6.07) is 0. The summed E-state index contributed by atoms with van der Waals surface area (Å²) >= 11 is 5.03. The van der Waals surface area contributed by atoms with Gasteiger partial charge in [0.05, 0.1) is 6.54 Å². The minimum Gasteiger partial charge on any atom is -0.387 e. The zero-order valence-electron chi connectivity index (χ0n) is 9.42. The molecule has 2 aromatic rings. The topological polar surface area (TPSA) is 118 Å². The number of nitrogens with zero attached hydrogens (tertiary/aromatic N) is 4.